The normalized spacial score (nSPS) is 12.0. The van der Waals surface area contributed by atoms with Gasteiger partial charge in [0.05, 0.1) is 0 Å². The Morgan fingerprint density at radius 3 is 2.33 bits per heavy atom. The van der Waals surface area contributed by atoms with Crippen molar-refractivity contribution in [1.29, 1.82) is 0 Å². The number of para-hydroxylation sites is 1. The third-order valence-corrected chi connectivity index (χ3v) is 6.79. The standard InChI is InChI=1S/C19H13NSe/c1-20-16-8-4-2-6-12(16)14-11-19-15(10-17(14)20)13-7-3-5-9-18(13)21-19/h2-11H,1H3. The van der Waals surface area contributed by atoms with E-state index in [2.05, 4.69) is 72.3 Å². The molecule has 0 N–H and O–H groups in total. The second-order valence-electron chi connectivity index (χ2n) is 5.54. The Morgan fingerprint density at radius 1 is 0.667 bits per heavy atom. The molecule has 0 fully saturated rings. The number of benzene rings is 3. The predicted molar refractivity (Wildman–Crippen MR) is 92.4 cm³/mol. The van der Waals surface area contributed by atoms with Crippen molar-refractivity contribution in [2.24, 2.45) is 7.05 Å². The van der Waals surface area contributed by atoms with Crippen molar-refractivity contribution < 1.29 is 0 Å². The van der Waals surface area contributed by atoms with Crippen LogP contribution < -0.4 is 0 Å². The summed E-state index contributed by atoms with van der Waals surface area (Å²) in [5.74, 6) is 0. The van der Waals surface area contributed by atoms with Gasteiger partial charge in [0.2, 0.25) is 0 Å². The van der Waals surface area contributed by atoms with Crippen LogP contribution in [-0.4, -0.2) is 19.1 Å². The molecule has 21 heavy (non-hydrogen) atoms. The van der Waals surface area contributed by atoms with Gasteiger partial charge in [-0.2, -0.15) is 0 Å². The van der Waals surface area contributed by atoms with E-state index in [0.29, 0.717) is 14.5 Å². The zero-order chi connectivity index (χ0) is 14.0. The fourth-order valence-electron chi connectivity index (χ4n) is 3.38. The molecule has 0 radical (unpaired) electrons. The summed E-state index contributed by atoms with van der Waals surface area (Å²) >= 11 is 0.442. The van der Waals surface area contributed by atoms with Crippen molar-refractivity contribution in [2.45, 2.75) is 0 Å². The number of rotatable bonds is 0. The van der Waals surface area contributed by atoms with E-state index in [9.17, 15) is 0 Å². The van der Waals surface area contributed by atoms with Crippen LogP contribution in [0.2, 0.25) is 0 Å². The minimum absolute atomic E-state index is 0.442. The van der Waals surface area contributed by atoms with Gasteiger partial charge in [0.1, 0.15) is 0 Å². The molecular weight excluding hydrogens is 321 g/mol. The minimum atomic E-state index is 0.442. The van der Waals surface area contributed by atoms with Gasteiger partial charge in [0.25, 0.3) is 0 Å². The van der Waals surface area contributed by atoms with E-state index < -0.39 is 0 Å². The topological polar surface area (TPSA) is 4.93 Å². The van der Waals surface area contributed by atoms with Crippen molar-refractivity contribution in [1.82, 2.24) is 4.57 Å². The molecule has 0 saturated heterocycles. The second-order valence-corrected chi connectivity index (χ2v) is 7.81. The van der Waals surface area contributed by atoms with E-state index in [1.165, 1.54) is 41.1 Å². The summed E-state index contributed by atoms with van der Waals surface area (Å²) in [7, 11) is 2.17. The predicted octanol–water partition coefficient (Wildman–Crippen LogP) is 4.69. The molecule has 3 aromatic carbocycles. The van der Waals surface area contributed by atoms with Crippen molar-refractivity contribution >= 4 is 55.6 Å². The van der Waals surface area contributed by atoms with Crippen molar-refractivity contribution in [2.75, 3.05) is 0 Å². The van der Waals surface area contributed by atoms with Gasteiger partial charge in [-0.3, -0.25) is 0 Å². The van der Waals surface area contributed by atoms with Crippen molar-refractivity contribution in [3.8, 4) is 0 Å². The van der Waals surface area contributed by atoms with Gasteiger partial charge in [0.15, 0.2) is 0 Å². The van der Waals surface area contributed by atoms with Crippen LogP contribution in [0.1, 0.15) is 0 Å². The molecule has 0 aliphatic rings. The molecule has 0 aliphatic heterocycles. The number of fused-ring (bicyclic) bond motifs is 6. The maximum atomic E-state index is 2.42. The molecular formula is C19H13NSe. The van der Waals surface area contributed by atoms with Crippen LogP contribution in [0.15, 0.2) is 60.7 Å². The van der Waals surface area contributed by atoms with Gasteiger partial charge >= 0.3 is 128 Å². The summed E-state index contributed by atoms with van der Waals surface area (Å²) in [6.45, 7) is 0. The number of aryl methyl sites for hydroxylation is 1. The van der Waals surface area contributed by atoms with E-state index in [0.717, 1.165) is 0 Å². The Bertz CT molecular complexity index is 1140. The van der Waals surface area contributed by atoms with Gasteiger partial charge in [-0.05, 0) is 0 Å². The Balaban J connectivity index is 2.08. The van der Waals surface area contributed by atoms with Gasteiger partial charge in [-0.1, -0.05) is 0 Å². The summed E-state index contributed by atoms with van der Waals surface area (Å²) in [5, 5.41) is 5.62. The molecule has 0 bridgehead atoms. The molecule has 0 atom stereocenters. The molecule has 2 heterocycles. The van der Waals surface area contributed by atoms with Gasteiger partial charge in [0, 0.05) is 0 Å². The molecule has 5 rings (SSSR count). The number of aromatic nitrogens is 1. The summed E-state index contributed by atoms with van der Waals surface area (Å²) in [6, 6.07) is 22.3. The molecule has 0 unspecified atom stereocenters. The van der Waals surface area contributed by atoms with Crippen molar-refractivity contribution in [3.63, 3.8) is 0 Å². The van der Waals surface area contributed by atoms with Crippen LogP contribution in [0.4, 0.5) is 0 Å². The molecule has 0 spiro atoms. The fourth-order valence-corrected chi connectivity index (χ4v) is 5.74. The average molecular weight is 334 g/mol. The summed E-state index contributed by atoms with van der Waals surface area (Å²) in [4.78, 5) is 0. The monoisotopic (exact) mass is 335 g/mol. The zero-order valence-corrected chi connectivity index (χ0v) is 13.3. The Kier molecular flexibility index (Phi) is 2.22. The van der Waals surface area contributed by atoms with Crippen LogP contribution >= 0.6 is 0 Å². The number of nitrogens with zero attached hydrogens (tertiary/aromatic N) is 1. The van der Waals surface area contributed by atoms with E-state index in [1.807, 2.05) is 0 Å². The molecule has 2 heteroatoms. The molecule has 2 aromatic heterocycles. The third-order valence-electron chi connectivity index (χ3n) is 4.41. The molecule has 0 amide bonds. The summed E-state index contributed by atoms with van der Waals surface area (Å²) in [6.07, 6.45) is 0. The van der Waals surface area contributed by atoms with Crippen LogP contribution in [0.5, 0.6) is 0 Å². The summed E-state index contributed by atoms with van der Waals surface area (Å²) < 4.78 is 5.35. The number of hydrogen-bond donors (Lipinski definition) is 0. The van der Waals surface area contributed by atoms with E-state index in [4.69, 9.17) is 0 Å². The van der Waals surface area contributed by atoms with E-state index in [-0.39, 0.29) is 0 Å². The summed E-state index contributed by atoms with van der Waals surface area (Å²) in [5.41, 5.74) is 2.65. The first kappa shape index (κ1) is 11.6. The third kappa shape index (κ3) is 1.47. The Morgan fingerprint density at radius 2 is 1.43 bits per heavy atom. The van der Waals surface area contributed by atoms with Gasteiger partial charge in [-0.15, -0.1) is 0 Å². The molecule has 5 aromatic rings. The SMILES string of the molecule is Cn1c2ccccc2c2cc3[se]c4ccccc4c3cc21. The molecule has 1 nitrogen and oxygen atoms in total. The first-order valence-electron chi connectivity index (χ1n) is 7.11. The Hall–Kier alpha value is -2.02. The van der Waals surface area contributed by atoms with Crippen LogP contribution in [0.3, 0.4) is 0 Å². The first-order valence-corrected chi connectivity index (χ1v) is 8.83. The van der Waals surface area contributed by atoms with E-state index in [1.54, 1.807) is 0 Å². The molecule has 0 aliphatic carbocycles. The van der Waals surface area contributed by atoms with Crippen LogP contribution in [-0.2, 0) is 7.05 Å². The first-order chi connectivity index (χ1) is 10.3. The Labute approximate surface area is 128 Å². The van der Waals surface area contributed by atoms with Gasteiger partial charge < -0.3 is 0 Å². The zero-order valence-electron chi connectivity index (χ0n) is 11.6. The number of hydrogen-bond acceptors (Lipinski definition) is 0. The maximum absolute atomic E-state index is 2.42. The molecule has 0 saturated carbocycles. The second kappa shape index (κ2) is 4.00. The van der Waals surface area contributed by atoms with Crippen LogP contribution in [0.25, 0.3) is 41.1 Å². The molecule has 100 valence electrons. The van der Waals surface area contributed by atoms with E-state index >= 15 is 0 Å². The average Bonchev–Trinajstić information content (AvgIpc) is 3.02. The van der Waals surface area contributed by atoms with Crippen LogP contribution in [0, 0.1) is 0 Å². The quantitative estimate of drug-likeness (QED) is 0.362. The fraction of sp³-hybridized carbons (Fsp3) is 0.0526. The van der Waals surface area contributed by atoms with Gasteiger partial charge in [-0.25, -0.2) is 0 Å². The van der Waals surface area contributed by atoms with Crippen molar-refractivity contribution in [3.05, 3.63) is 60.7 Å².